The molecule has 1 N–H and O–H groups in total. The number of rotatable bonds is 4. The zero-order chi connectivity index (χ0) is 19.0. The molecule has 1 aromatic heterocycles. The monoisotopic (exact) mass is 382 g/mol. The lowest BCUT2D eigenvalue weighted by atomic mass is 10.1. The fourth-order valence-corrected chi connectivity index (χ4v) is 4.28. The van der Waals surface area contributed by atoms with E-state index in [1.807, 2.05) is 30.3 Å². The molecule has 0 fully saturated rings. The Morgan fingerprint density at radius 3 is 2.56 bits per heavy atom. The van der Waals surface area contributed by atoms with Crippen LogP contribution >= 0.6 is 0 Å². The third-order valence-corrected chi connectivity index (χ3v) is 5.45. The number of para-hydroxylation sites is 2. The van der Waals surface area contributed by atoms with Crippen molar-refractivity contribution in [2.24, 2.45) is 0 Å². The van der Waals surface area contributed by atoms with Gasteiger partial charge in [-0.3, -0.25) is 19.1 Å². The standard InChI is InChI=1S/C18H14N4O4S/c23-18(13-8-4-5-9-16(13)22(24)25)19-17-14-10-27(26)11-15(14)20-21(17)12-6-2-1-3-7-12/h1-9H,10-11H2,(H,19,23). The van der Waals surface area contributed by atoms with Crippen LogP contribution in [0, 0.1) is 10.1 Å². The largest absolute Gasteiger partial charge is 0.306 e. The number of fused-ring (bicyclic) bond motifs is 1. The van der Waals surface area contributed by atoms with Crippen molar-refractivity contribution >= 4 is 28.2 Å². The molecule has 0 aliphatic carbocycles. The first kappa shape index (κ1) is 17.1. The molecule has 9 heteroatoms. The first-order chi connectivity index (χ1) is 13.0. The molecule has 0 radical (unpaired) electrons. The van der Waals surface area contributed by atoms with E-state index in [1.54, 1.807) is 10.7 Å². The molecule has 1 aliphatic rings. The van der Waals surface area contributed by atoms with Gasteiger partial charge in [0.1, 0.15) is 11.4 Å². The molecule has 0 bridgehead atoms. The summed E-state index contributed by atoms with van der Waals surface area (Å²) in [5.74, 6) is 0.392. The quantitative estimate of drug-likeness (QED) is 0.551. The zero-order valence-corrected chi connectivity index (χ0v) is 14.8. The maximum absolute atomic E-state index is 12.8. The highest BCUT2D eigenvalue weighted by Crippen LogP contribution is 2.32. The van der Waals surface area contributed by atoms with Crippen molar-refractivity contribution in [3.63, 3.8) is 0 Å². The second-order valence-electron chi connectivity index (χ2n) is 5.98. The van der Waals surface area contributed by atoms with E-state index >= 15 is 0 Å². The van der Waals surface area contributed by atoms with Crippen molar-refractivity contribution in [2.45, 2.75) is 11.5 Å². The molecule has 1 unspecified atom stereocenters. The molecule has 3 aromatic rings. The predicted molar refractivity (Wildman–Crippen MR) is 100 cm³/mol. The van der Waals surface area contributed by atoms with E-state index in [-0.39, 0.29) is 17.0 Å². The topological polar surface area (TPSA) is 107 Å². The van der Waals surface area contributed by atoms with Crippen LogP contribution in [0.2, 0.25) is 0 Å². The summed E-state index contributed by atoms with van der Waals surface area (Å²) in [5.41, 5.74) is 1.77. The summed E-state index contributed by atoms with van der Waals surface area (Å²) in [6.07, 6.45) is 0. The van der Waals surface area contributed by atoms with Crippen LogP contribution in [-0.2, 0) is 22.3 Å². The lowest BCUT2D eigenvalue weighted by Crippen LogP contribution is -2.17. The summed E-state index contributed by atoms with van der Waals surface area (Å²) in [6, 6.07) is 15.0. The van der Waals surface area contributed by atoms with Crippen LogP contribution in [0.3, 0.4) is 0 Å². The van der Waals surface area contributed by atoms with Crippen LogP contribution < -0.4 is 5.32 Å². The molecule has 0 spiro atoms. The van der Waals surface area contributed by atoms with E-state index < -0.39 is 21.6 Å². The minimum atomic E-state index is -1.07. The number of hydrogen-bond donors (Lipinski definition) is 1. The highest BCUT2D eigenvalue weighted by molar-refractivity contribution is 7.83. The number of hydrogen-bond acceptors (Lipinski definition) is 5. The average Bonchev–Trinajstić information content (AvgIpc) is 3.19. The Balaban J connectivity index is 1.77. The second kappa shape index (κ2) is 6.76. The number of benzene rings is 2. The van der Waals surface area contributed by atoms with Gasteiger partial charge in [-0.1, -0.05) is 30.3 Å². The first-order valence-electron chi connectivity index (χ1n) is 8.10. The van der Waals surface area contributed by atoms with Crippen LogP contribution in [0.1, 0.15) is 21.6 Å². The van der Waals surface area contributed by atoms with Crippen LogP contribution in [0.25, 0.3) is 5.69 Å². The van der Waals surface area contributed by atoms with Crippen LogP contribution in [0.5, 0.6) is 0 Å². The molecule has 1 amide bonds. The maximum Gasteiger partial charge on any atom is 0.282 e. The van der Waals surface area contributed by atoms with Gasteiger partial charge < -0.3 is 5.32 Å². The lowest BCUT2D eigenvalue weighted by molar-refractivity contribution is -0.385. The van der Waals surface area contributed by atoms with Gasteiger partial charge in [0.15, 0.2) is 0 Å². The van der Waals surface area contributed by atoms with E-state index in [1.165, 1.54) is 18.2 Å². The van der Waals surface area contributed by atoms with Crippen molar-refractivity contribution in [2.75, 3.05) is 5.32 Å². The number of amides is 1. The fourth-order valence-electron chi connectivity index (χ4n) is 3.01. The molecule has 4 rings (SSSR count). The molecule has 136 valence electrons. The maximum atomic E-state index is 12.8. The van der Waals surface area contributed by atoms with Crippen molar-refractivity contribution in [3.05, 3.63) is 81.5 Å². The zero-order valence-electron chi connectivity index (χ0n) is 14.0. The highest BCUT2D eigenvalue weighted by atomic mass is 32.2. The van der Waals surface area contributed by atoms with Crippen molar-refractivity contribution in [1.82, 2.24) is 9.78 Å². The predicted octanol–water partition coefficient (Wildman–Crippen LogP) is 2.80. The number of nitro groups is 1. The third-order valence-electron chi connectivity index (χ3n) is 4.25. The number of carbonyl (C=O) groups is 1. The Bertz CT molecular complexity index is 1080. The third kappa shape index (κ3) is 3.13. The van der Waals surface area contributed by atoms with Gasteiger partial charge >= 0.3 is 0 Å². The van der Waals surface area contributed by atoms with E-state index in [0.29, 0.717) is 22.8 Å². The van der Waals surface area contributed by atoms with Gasteiger partial charge in [0.2, 0.25) is 0 Å². The van der Waals surface area contributed by atoms with Crippen molar-refractivity contribution < 1.29 is 13.9 Å². The van der Waals surface area contributed by atoms with Gasteiger partial charge in [-0.05, 0) is 18.2 Å². The Morgan fingerprint density at radius 2 is 1.81 bits per heavy atom. The second-order valence-corrected chi connectivity index (χ2v) is 7.44. The van der Waals surface area contributed by atoms with E-state index in [4.69, 9.17) is 0 Å². The van der Waals surface area contributed by atoms with E-state index in [2.05, 4.69) is 10.4 Å². The van der Waals surface area contributed by atoms with Crippen LogP contribution in [0.15, 0.2) is 54.6 Å². The number of nitrogens with zero attached hydrogens (tertiary/aromatic N) is 3. The Labute approximate surface area is 156 Å². The van der Waals surface area contributed by atoms with Gasteiger partial charge in [-0.15, -0.1) is 0 Å². The molecule has 2 aromatic carbocycles. The molecule has 0 saturated carbocycles. The molecule has 27 heavy (non-hydrogen) atoms. The molecule has 2 heterocycles. The summed E-state index contributed by atoms with van der Waals surface area (Å²) in [6.45, 7) is 0. The normalized spacial score (nSPS) is 15.3. The van der Waals surface area contributed by atoms with Crippen LogP contribution in [-0.4, -0.2) is 24.8 Å². The Kier molecular flexibility index (Phi) is 4.28. The SMILES string of the molecule is O=C(Nc1c2c(nn1-c1ccccc1)CS(=O)C2)c1ccccc1[N+](=O)[O-]. The van der Waals surface area contributed by atoms with Gasteiger partial charge in [-0.2, -0.15) is 5.10 Å². The number of carbonyl (C=O) groups excluding carboxylic acids is 1. The number of nitrogens with one attached hydrogen (secondary N) is 1. The molecule has 1 aliphatic heterocycles. The summed E-state index contributed by atoms with van der Waals surface area (Å²) in [5, 5.41) is 18.4. The lowest BCUT2D eigenvalue weighted by Gasteiger charge is -2.11. The minimum absolute atomic E-state index is 0.0452. The number of nitro benzene ring substituents is 1. The number of anilines is 1. The molecular formula is C18H14N4O4S. The molecule has 0 saturated heterocycles. The molecule has 1 atom stereocenters. The highest BCUT2D eigenvalue weighted by Gasteiger charge is 2.29. The van der Waals surface area contributed by atoms with Crippen molar-refractivity contribution in [1.29, 1.82) is 0 Å². The first-order valence-corrected chi connectivity index (χ1v) is 9.59. The summed E-state index contributed by atoms with van der Waals surface area (Å²) >= 11 is 0. The summed E-state index contributed by atoms with van der Waals surface area (Å²) < 4.78 is 13.5. The molecular weight excluding hydrogens is 368 g/mol. The number of aromatic nitrogens is 2. The molecule has 8 nitrogen and oxygen atoms in total. The average molecular weight is 382 g/mol. The van der Waals surface area contributed by atoms with Crippen molar-refractivity contribution in [3.8, 4) is 5.69 Å². The van der Waals surface area contributed by atoms with E-state index in [0.717, 1.165) is 5.69 Å². The fraction of sp³-hybridized carbons (Fsp3) is 0.111. The van der Waals surface area contributed by atoms with E-state index in [9.17, 15) is 19.1 Å². The minimum Gasteiger partial charge on any atom is -0.306 e. The smallest absolute Gasteiger partial charge is 0.282 e. The summed E-state index contributed by atoms with van der Waals surface area (Å²) in [4.78, 5) is 23.4. The van der Waals surface area contributed by atoms with Crippen LogP contribution in [0.4, 0.5) is 11.5 Å². The Hall–Kier alpha value is -3.33. The van der Waals surface area contributed by atoms with Gasteiger partial charge in [0.05, 0.1) is 27.8 Å². The summed E-state index contributed by atoms with van der Waals surface area (Å²) in [7, 11) is -1.07. The van der Waals surface area contributed by atoms with Gasteiger partial charge in [0.25, 0.3) is 11.6 Å². The van der Waals surface area contributed by atoms with Gasteiger partial charge in [-0.25, -0.2) is 4.68 Å². The Morgan fingerprint density at radius 1 is 1.11 bits per heavy atom. The van der Waals surface area contributed by atoms with Gasteiger partial charge in [0, 0.05) is 22.4 Å².